The molecule has 0 amide bonds. The van der Waals surface area contributed by atoms with E-state index in [1.54, 1.807) is 5.56 Å². The standard InChI is InChI=1S/C19H25NS/c1-13-6-4-5-7-19(13)16-11-17(12-16)20-14(2)10-18-9-8-15(3)21-18/h4-9,14,16-17,20H,10-12H2,1-3H3. The number of hydrogen-bond donors (Lipinski definition) is 1. The second-order valence-corrected chi connectivity index (χ2v) is 7.88. The van der Waals surface area contributed by atoms with Gasteiger partial charge in [-0.1, -0.05) is 24.3 Å². The van der Waals surface area contributed by atoms with Crippen LogP contribution in [0.1, 0.15) is 46.6 Å². The molecule has 1 fully saturated rings. The van der Waals surface area contributed by atoms with E-state index in [-0.39, 0.29) is 0 Å². The molecule has 0 saturated heterocycles. The highest BCUT2D eigenvalue weighted by Crippen LogP contribution is 2.38. The molecule has 1 aliphatic carbocycles. The van der Waals surface area contributed by atoms with E-state index in [9.17, 15) is 0 Å². The molecular weight excluding hydrogens is 274 g/mol. The Hall–Kier alpha value is -1.12. The Bertz CT molecular complexity index is 595. The van der Waals surface area contributed by atoms with Gasteiger partial charge in [0.15, 0.2) is 0 Å². The summed E-state index contributed by atoms with van der Waals surface area (Å²) < 4.78 is 0. The molecule has 1 saturated carbocycles. The van der Waals surface area contributed by atoms with E-state index in [4.69, 9.17) is 0 Å². The summed E-state index contributed by atoms with van der Waals surface area (Å²) in [4.78, 5) is 2.92. The maximum absolute atomic E-state index is 3.80. The third kappa shape index (κ3) is 3.56. The monoisotopic (exact) mass is 299 g/mol. The van der Waals surface area contributed by atoms with Gasteiger partial charge in [0.05, 0.1) is 0 Å². The maximum atomic E-state index is 3.80. The summed E-state index contributed by atoms with van der Waals surface area (Å²) in [6.07, 6.45) is 3.74. The van der Waals surface area contributed by atoms with Gasteiger partial charge in [-0.05, 0) is 69.2 Å². The van der Waals surface area contributed by atoms with E-state index >= 15 is 0 Å². The van der Waals surface area contributed by atoms with Crippen LogP contribution in [0.25, 0.3) is 0 Å². The molecule has 2 aromatic rings. The number of thiophene rings is 1. The minimum Gasteiger partial charge on any atom is -0.311 e. The number of rotatable bonds is 5. The van der Waals surface area contributed by atoms with Crippen molar-refractivity contribution in [1.29, 1.82) is 0 Å². The van der Waals surface area contributed by atoms with Gasteiger partial charge < -0.3 is 5.32 Å². The third-order valence-electron chi connectivity index (χ3n) is 4.59. The Morgan fingerprint density at radius 1 is 1.14 bits per heavy atom. The van der Waals surface area contributed by atoms with Crippen LogP contribution < -0.4 is 5.32 Å². The first-order chi connectivity index (χ1) is 10.1. The van der Waals surface area contributed by atoms with E-state index in [0.717, 1.165) is 12.3 Å². The van der Waals surface area contributed by atoms with Crippen LogP contribution in [0.15, 0.2) is 36.4 Å². The predicted molar refractivity (Wildman–Crippen MR) is 92.3 cm³/mol. The summed E-state index contributed by atoms with van der Waals surface area (Å²) in [5.74, 6) is 0.764. The van der Waals surface area contributed by atoms with Gasteiger partial charge in [-0.25, -0.2) is 0 Å². The molecule has 3 rings (SSSR count). The van der Waals surface area contributed by atoms with Gasteiger partial charge in [-0.3, -0.25) is 0 Å². The topological polar surface area (TPSA) is 12.0 Å². The SMILES string of the molecule is Cc1ccc(CC(C)NC2CC(c3ccccc3C)C2)s1. The van der Waals surface area contributed by atoms with Crippen LogP contribution >= 0.6 is 11.3 Å². The second kappa shape index (κ2) is 6.33. The Balaban J connectivity index is 1.47. The quantitative estimate of drug-likeness (QED) is 0.833. The van der Waals surface area contributed by atoms with Crippen LogP contribution in [0.4, 0.5) is 0 Å². The van der Waals surface area contributed by atoms with Gasteiger partial charge in [0, 0.05) is 21.8 Å². The minimum absolute atomic E-state index is 0.575. The number of hydrogen-bond acceptors (Lipinski definition) is 2. The van der Waals surface area contributed by atoms with Gasteiger partial charge in [-0.15, -0.1) is 11.3 Å². The lowest BCUT2D eigenvalue weighted by molar-refractivity contribution is 0.269. The molecule has 0 bridgehead atoms. The van der Waals surface area contributed by atoms with Gasteiger partial charge >= 0.3 is 0 Å². The van der Waals surface area contributed by atoms with Crippen LogP contribution in [-0.2, 0) is 6.42 Å². The molecule has 1 N–H and O–H groups in total. The number of benzene rings is 1. The maximum Gasteiger partial charge on any atom is 0.00896 e. The van der Waals surface area contributed by atoms with E-state index in [1.165, 1.54) is 28.2 Å². The summed E-state index contributed by atoms with van der Waals surface area (Å²) in [5.41, 5.74) is 3.00. The lowest BCUT2D eigenvalue weighted by atomic mass is 9.74. The molecule has 1 heterocycles. The molecule has 1 atom stereocenters. The van der Waals surface area contributed by atoms with Crippen LogP contribution in [0.2, 0.25) is 0 Å². The van der Waals surface area contributed by atoms with Crippen LogP contribution in [-0.4, -0.2) is 12.1 Å². The van der Waals surface area contributed by atoms with Crippen LogP contribution in [0.5, 0.6) is 0 Å². The Morgan fingerprint density at radius 3 is 2.57 bits per heavy atom. The third-order valence-corrected chi connectivity index (χ3v) is 5.61. The van der Waals surface area contributed by atoms with Crippen molar-refractivity contribution >= 4 is 11.3 Å². The van der Waals surface area contributed by atoms with Crippen molar-refractivity contribution in [3.63, 3.8) is 0 Å². The van der Waals surface area contributed by atoms with Crippen molar-refractivity contribution < 1.29 is 0 Å². The van der Waals surface area contributed by atoms with E-state index < -0.39 is 0 Å². The highest BCUT2D eigenvalue weighted by Gasteiger charge is 2.31. The van der Waals surface area contributed by atoms with Crippen LogP contribution in [0.3, 0.4) is 0 Å². The largest absolute Gasteiger partial charge is 0.311 e. The van der Waals surface area contributed by atoms with Crippen LogP contribution in [0, 0.1) is 13.8 Å². The predicted octanol–water partition coefficient (Wildman–Crippen LogP) is 4.83. The number of nitrogens with one attached hydrogen (secondary N) is 1. The first-order valence-corrected chi connectivity index (χ1v) is 8.80. The van der Waals surface area contributed by atoms with Crippen molar-refractivity contribution in [2.75, 3.05) is 0 Å². The van der Waals surface area contributed by atoms with E-state index in [0.29, 0.717) is 12.1 Å². The normalized spacial score (nSPS) is 22.8. The molecule has 1 unspecified atom stereocenters. The summed E-state index contributed by atoms with van der Waals surface area (Å²) in [6, 6.07) is 14.6. The lowest BCUT2D eigenvalue weighted by Crippen LogP contribution is -2.45. The Kier molecular flexibility index (Phi) is 4.46. The zero-order valence-corrected chi connectivity index (χ0v) is 14.0. The van der Waals surface area contributed by atoms with Gasteiger partial charge in [-0.2, -0.15) is 0 Å². The average molecular weight is 299 g/mol. The van der Waals surface area contributed by atoms with Gasteiger partial charge in [0.25, 0.3) is 0 Å². The molecule has 0 spiro atoms. The zero-order chi connectivity index (χ0) is 14.8. The molecule has 112 valence electrons. The molecule has 1 aliphatic rings. The molecule has 0 aliphatic heterocycles. The molecule has 1 aromatic heterocycles. The summed E-state index contributed by atoms with van der Waals surface area (Å²) in [6.45, 7) is 6.74. The minimum atomic E-state index is 0.575. The van der Waals surface area contributed by atoms with E-state index in [2.05, 4.69) is 62.5 Å². The summed E-state index contributed by atoms with van der Waals surface area (Å²) in [7, 11) is 0. The van der Waals surface area contributed by atoms with Crippen molar-refractivity contribution in [3.05, 3.63) is 57.3 Å². The average Bonchev–Trinajstić information content (AvgIpc) is 2.80. The zero-order valence-electron chi connectivity index (χ0n) is 13.2. The molecular formula is C19H25NS. The smallest absolute Gasteiger partial charge is 0.00896 e. The van der Waals surface area contributed by atoms with E-state index in [1.807, 2.05) is 11.3 Å². The highest BCUT2D eigenvalue weighted by atomic mass is 32.1. The van der Waals surface area contributed by atoms with Crippen molar-refractivity contribution in [1.82, 2.24) is 5.32 Å². The second-order valence-electron chi connectivity index (χ2n) is 6.51. The molecule has 1 aromatic carbocycles. The van der Waals surface area contributed by atoms with Gasteiger partial charge in [0.1, 0.15) is 0 Å². The molecule has 21 heavy (non-hydrogen) atoms. The Morgan fingerprint density at radius 2 is 1.90 bits per heavy atom. The highest BCUT2D eigenvalue weighted by molar-refractivity contribution is 7.11. The first-order valence-electron chi connectivity index (χ1n) is 7.98. The molecule has 2 heteroatoms. The fraction of sp³-hybridized carbons (Fsp3) is 0.474. The molecule has 0 radical (unpaired) electrons. The van der Waals surface area contributed by atoms with Gasteiger partial charge in [0.2, 0.25) is 0 Å². The molecule has 1 nitrogen and oxygen atoms in total. The van der Waals surface area contributed by atoms with Crippen molar-refractivity contribution in [3.8, 4) is 0 Å². The van der Waals surface area contributed by atoms with Crippen molar-refractivity contribution in [2.24, 2.45) is 0 Å². The fourth-order valence-electron chi connectivity index (χ4n) is 3.41. The Labute approximate surface area is 132 Å². The summed E-state index contributed by atoms with van der Waals surface area (Å²) in [5, 5.41) is 3.80. The lowest BCUT2D eigenvalue weighted by Gasteiger charge is -2.38. The van der Waals surface area contributed by atoms with Crippen molar-refractivity contribution in [2.45, 2.75) is 58.0 Å². The fourth-order valence-corrected chi connectivity index (χ4v) is 4.43. The summed E-state index contributed by atoms with van der Waals surface area (Å²) >= 11 is 1.93. The number of aryl methyl sites for hydroxylation is 2. The first kappa shape index (κ1) is 14.8.